The summed E-state index contributed by atoms with van der Waals surface area (Å²) in [5, 5.41) is 0. The van der Waals surface area contributed by atoms with Gasteiger partial charge in [0.15, 0.2) is 0 Å². The van der Waals surface area contributed by atoms with Gasteiger partial charge in [0.05, 0.1) is 0 Å². The van der Waals surface area contributed by atoms with E-state index in [1.807, 2.05) is 0 Å². The van der Waals surface area contributed by atoms with E-state index in [0.29, 0.717) is 5.41 Å². The summed E-state index contributed by atoms with van der Waals surface area (Å²) in [7, 11) is 0. The van der Waals surface area contributed by atoms with Crippen molar-refractivity contribution in [1.82, 2.24) is 0 Å². The topological polar surface area (TPSA) is 3.24 Å². The maximum atomic E-state index is 2.53. The average Bonchev–Trinajstić information content (AvgIpc) is 3.38. The Bertz CT molecular complexity index is 1990. The predicted octanol–water partition coefficient (Wildman–Crippen LogP) is 13.2. The fraction of sp³-hybridized carbons (Fsp3) is 0.388. The summed E-state index contributed by atoms with van der Waals surface area (Å²) in [5.74, 6) is 2.87. The second-order valence-corrected chi connectivity index (χ2v) is 17.5. The van der Waals surface area contributed by atoms with Crippen LogP contribution >= 0.6 is 0 Å². The molecule has 0 spiro atoms. The Morgan fingerprint density at radius 1 is 0.480 bits per heavy atom. The minimum Gasteiger partial charge on any atom is -0.310 e. The van der Waals surface area contributed by atoms with Crippen LogP contribution in [0.1, 0.15) is 112 Å². The van der Waals surface area contributed by atoms with Crippen LogP contribution < -0.4 is 4.90 Å². The molecule has 11 rings (SSSR count). The van der Waals surface area contributed by atoms with E-state index < -0.39 is 0 Å². The Labute approximate surface area is 299 Å². The average molecular weight is 654 g/mol. The van der Waals surface area contributed by atoms with Gasteiger partial charge >= 0.3 is 0 Å². The zero-order valence-corrected chi connectivity index (χ0v) is 30.0. The monoisotopic (exact) mass is 653 g/mol. The number of fused-ring (bicyclic) bond motifs is 3. The third-order valence-electron chi connectivity index (χ3n) is 14.3. The van der Waals surface area contributed by atoms with Crippen molar-refractivity contribution in [1.29, 1.82) is 0 Å². The lowest BCUT2D eigenvalue weighted by Crippen LogP contribution is -2.48. The van der Waals surface area contributed by atoms with Crippen molar-refractivity contribution in [2.75, 3.05) is 4.90 Å². The van der Waals surface area contributed by atoms with Gasteiger partial charge in [0.2, 0.25) is 0 Å². The van der Waals surface area contributed by atoms with Gasteiger partial charge in [-0.05, 0) is 150 Å². The SMILES string of the molecule is CC1(C)c2ccccc2-c2cc(N(c3ccc(C45CC6CC(CC(C6)C4)C5)cc3)c3ccc(C4(c5ccccc5)CCCCC4)cc3)ccc21. The molecule has 0 unspecified atom stereocenters. The molecule has 50 heavy (non-hydrogen) atoms. The molecule has 5 aromatic rings. The van der Waals surface area contributed by atoms with Crippen LogP contribution in [0.3, 0.4) is 0 Å². The first-order chi connectivity index (χ1) is 24.4. The number of benzene rings is 5. The highest BCUT2D eigenvalue weighted by atomic mass is 15.1. The van der Waals surface area contributed by atoms with Crippen LogP contribution in [0.2, 0.25) is 0 Å². The molecule has 5 saturated carbocycles. The molecule has 0 N–H and O–H groups in total. The Balaban J connectivity index is 1.07. The fourth-order valence-corrected chi connectivity index (χ4v) is 12.3. The lowest BCUT2D eigenvalue weighted by molar-refractivity contribution is -0.00518. The molecule has 6 aliphatic carbocycles. The van der Waals surface area contributed by atoms with Gasteiger partial charge < -0.3 is 4.90 Å². The van der Waals surface area contributed by atoms with Crippen LogP contribution in [0, 0.1) is 17.8 Å². The van der Waals surface area contributed by atoms with Crippen LogP contribution in [-0.2, 0) is 16.2 Å². The Hall–Kier alpha value is -4.10. The molecular formula is C49H51N. The predicted molar refractivity (Wildman–Crippen MR) is 209 cm³/mol. The molecule has 0 aliphatic heterocycles. The van der Waals surface area contributed by atoms with E-state index in [1.54, 1.807) is 5.56 Å². The van der Waals surface area contributed by atoms with E-state index in [-0.39, 0.29) is 10.8 Å². The van der Waals surface area contributed by atoms with Crippen molar-refractivity contribution in [2.24, 2.45) is 17.8 Å². The third kappa shape index (κ3) is 4.72. The maximum absolute atomic E-state index is 2.53. The first-order valence-electron chi connectivity index (χ1n) is 19.7. The molecule has 0 aromatic heterocycles. The molecule has 4 bridgehead atoms. The summed E-state index contributed by atoms with van der Waals surface area (Å²) < 4.78 is 0. The minimum absolute atomic E-state index is 0.00218. The van der Waals surface area contributed by atoms with Crippen LogP contribution in [0.4, 0.5) is 17.1 Å². The molecule has 1 nitrogen and oxygen atoms in total. The number of anilines is 3. The van der Waals surface area contributed by atoms with Crippen molar-refractivity contribution in [2.45, 2.75) is 101 Å². The van der Waals surface area contributed by atoms with Crippen LogP contribution in [-0.4, -0.2) is 0 Å². The van der Waals surface area contributed by atoms with Gasteiger partial charge in [-0.1, -0.05) is 118 Å². The summed E-state index contributed by atoms with van der Waals surface area (Å²) >= 11 is 0. The molecule has 0 amide bonds. The minimum atomic E-state index is 0.00218. The van der Waals surface area contributed by atoms with Gasteiger partial charge in [0, 0.05) is 27.9 Å². The number of hydrogen-bond donors (Lipinski definition) is 0. The van der Waals surface area contributed by atoms with Gasteiger partial charge in [-0.3, -0.25) is 0 Å². The van der Waals surface area contributed by atoms with Gasteiger partial charge in [0.1, 0.15) is 0 Å². The zero-order valence-electron chi connectivity index (χ0n) is 30.0. The van der Waals surface area contributed by atoms with Gasteiger partial charge in [0.25, 0.3) is 0 Å². The van der Waals surface area contributed by atoms with Crippen LogP contribution in [0.15, 0.2) is 121 Å². The summed E-state index contributed by atoms with van der Waals surface area (Å²) in [6, 6.07) is 47.3. The van der Waals surface area contributed by atoms with Crippen LogP contribution in [0.5, 0.6) is 0 Å². The quantitative estimate of drug-likeness (QED) is 0.176. The summed E-state index contributed by atoms with van der Waals surface area (Å²) in [6.07, 6.45) is 15.1. The number of nitrogens with zero attached hydrogens (tertiary/aromatic N) is 1. The second-order valence-electron chi connectivity index (χ2n) is 17.5. The highest BCUT2D eigenvalue weighted by Gasteiger charge is 2.51. The lowest BCUT2D eigenvalue weighted by atomic mass is 9.48. The molecule has 0 heterocycles. The third-order valence-corrected chi connectivity index (χ3v) is 14.3. The number of hydrogen-bond acceptors (Lipinski definition) is 1. The normalized spacial score (nSPS) is 26.7. The molecule has 0 radical (unpaired) electrons. The van der Waals surface area contributed by atoms with E-state index in [0.717, 1.165) is 17.8 Å². The Morgan fingerprint density at radius 3 is 1.64 bits per heavy atom. The fourth-order valence-electron chi connectivity index (χ4n) is 12.3. The summed E-state index contributed by atoms with van der Waals surface area (Å²) in [4.78, 5) is 2.53. The van der Waals surface area contributed by atoms with E-state index in [4.69, 9.17) is 0 Å². The van der Waals surface area contributed by atoms with Gasteiger partial charge in [-0.15, -0.1) is 0 Å². The molecule has 1 heteroatoms. The second kappa shape index (κ2) is 11.5. The van der Waals surface area contributed by atoms with Crippen molar-refractivity contribution in [3.05, 3.63) is 149 Å². The molecule has 5 fully saturated rings. The standard InChI is InChI=1S/C49H51N/c1-47(2)45-14-8-7-13-43(45)44-30-42(23-24-46(44)47)50(40-19-15-37(16-20-40)48-31-34-27-35(32-48)29-36(28-34)33-48)41-21-17-39(18-22-41)49(25-9-4-10-26-49)38-11-5-3-6-12-38/h3,5-8,11-24,30,34-36H,4,9-10,25-29,31-33H2,1-2H3. The van der Waals surface area contributed by atoms with E-state index in [1.165, 1.54) is 121 Å². The molecular weight excluding hydrogens is 603 g/mol. The van der Waals surface area contributed by atoms with E-state index >= 15 is 0 Å². The first kappa shape index (κ1) is 30.7. The molecule has 0 saturated heterocycles. The largest absolute Gasteiger partial charge is 0.310 e. The molecule has 0 atom stereocenters. The van der Waals surface area contributed by atoms with Crippen molar-refractivity contribution < 1.29 is 0 Å². The maximum Gasteiger partial charge on any atom is 0.0468 e. The first-order valence-corrected chi connectivity index (χ1v) is 19.7. The van der Waals surface area contributed by atoms with Gasteiger partial charge in [-0.2, -0.15) is 0 Å². The van der Waals surface area contributed by atoms with Crippen molar-refractivity contribution in [3.63, 3.8) is 0 Å². The number of rotatable bonds is 6. The Kier molecular flexibility index (Phi) is 7.04. The highest BCUT2D eigenvalue weighted by Crippen LogP contribution is 2.61. The summed E-state index contributed by atoms with van der Waals surface area (Å²) in [5.41, 5.74) is 14.4. The van der Waals surface area contributed by atoms with E-state index in [2.05, 4.69) is 140 Å². The van der Waals surface area contributed by atoms with E-state index in [9.17, 15) is 0 Å². The van der Waals surface area contributed by atoms with Gasteiger partial charge in [-0.25, -0.2) is 0 Å². The molecule has 252 valence electrons. The highest BCUT2D eigenvalue weighted by molar-refractivity contribution is 5.86. The zero-order chi connectivity index (χ0) is 33.5. The summed E-state index contributed by atoms with van der Waals surface area (Å²) in [6.45, 7) is 4.76. The Morgan fingerprint density at radius 2 is 1.00 bits per heavy atom. The molecule has 5 aromatic carbocycles. The lowest BCUT2D eigenvalue weighted by Gasteiger charge is -2.57. The van der Waals surface area contributed by atoms with Crippen molar-refractivity contribution >= 4 is 17.1 Å². The smallest absolute Gasteiger partial charge is 0.0468 e. The molecule has 6 aliphatic rings. The van der Waals surface area contributed by atoms with Crippen LogP contribution in [0.25, 0.3) is 11.1 Å². The van der Waals surface area contributed by atoms with Crippen molar-refractivity contribution in [3.8, 4) is 11.1 Å².